The van der Waals surface area contributed by atoms with Gasteiger partial charge in [0.1, 0.15) is 5.54 Å². The van der Waals surface area contributed by atoms with Gasteiger partial charge in [0, 0.05) is 0 Å². The molecule has 2 aromatic carbocycles. The molecule has 0 aromatic heterocycles. The summed E-state index contributed by atoms with van der Waals surface area (Å²) in [4.78, 5) is 11.1. The molecule has 3 N–H and O–H groups in total. The zero-order valence-corrected chi connectivity index (χ0v) is 10.3. The maximum Gasteiger partial charge on any atom is 0.405 e. The first-order chi connectivity index (χ1) is 9.19. The number of aliphatic hydroxyl groups excluding tert-OH is 1. The summed E-state index contributed by atoms with van der Waals surface area (Å²) in [6.45, 7) is -0.354. The standard InChI is InChI=1S/C15H15NO3/c17-11-15(16-14(18)19,12-7-3-1-4-8-12)13-9-5-2-6-10-13/h1-10,16-17H,11H2,(H,18,19). The number of aliphatic hydroxyl groups is 1. The van der Waals surface area contributed by atoms with Crippen molar-refractivity contribution in [2.24, 2.45) is 0 Å². The summed E-state index contributed by atoms with van der Waals surface area (Å²) in [5, 5.41) is 21.3. The summed E-state index contributed by atoms with van der Waals surface area (Å²) >= 11 is 0. The van der Waals surface area contributed by atoms with Crippen molar-refractivity contribution in [3.05, 3.63) is 71.8 Å². The first kappa shape index (κ1) is 13.1. The van der Waals surface area contributed by atoms with E-state index in [0.29, 0.717) is 11.1 Å². The number of amides is 1. The van der Waals surface area contributed by atoms with E-state index in [9.17, 15) is 9.90 Å². The second-order valence-corrected chi connectivity index (χ2v) is 4.23. The Bertz CT molecular complexity index is 500. The topological polar surface area (TPSA) is 69.6 Å². The third kappa shape index (κ3) is 2.58. The minimum Gasteiger partial charge on any atom is -0.465 e. The molecule has 0 unspecified atom stereocenters. The Morgan fingerprint density at radius 1 is 0.947 bits per heavy atom. The van der Waals surface area contributed by atoms with Gasteiger partial charge in [-0.25, -0.2) is 4.79 Å². The fourth-order valence-electron chi connectivity index (χ4n) is 2.16. The molecule has 0 radical (unpaired) electrons. The van der Waals surface area contributed by atoms with Crippen LogP contribution in [0.3, 0.4) is 0 Å². The number of hydrogen-bond acceptors (Lipinski definition) is 2. The van der Waals surface area contributed by atoms with Crippen LogP contribution in [0, 0.1) is 0 Å². The van der Waals surface area contributed by atoms with Gasteiger partial charge in [-0.05, 0) is 11.1 Å². The summed E-state index contributed by atoms with van der Waals surface area (Å²) in [6.07, 6.45) is -1.18. The maximum atomic E-state index is 11.1. The molecule has 0 bridgehead atoms. The molecule has 1 amide bonds. The van der Waals surface area contributed by atoms with Crippen molar-refractivity contribution in [1.82, 2.24) is 5.32 Å². The van der Waals surface area contributed by atoms with Gasteiger partial charge in [-0.15, -0.1) is 0 Å². The lowest BCUT2D eigenvalue weighted by Crippen LogP contribution is -2.49. The van der Waals surface area contributed by atoms with Gasteiger partial charge in [0.2, 0.25) is 0 Å². The van der Waals surface area contributed by atoms with Crippen molar-refractivity contribution < 1.29 is 15.0 Å². The lowest BCUT2D eigenvalue weighted by Gasteiger charge is -2.33. The predicted octanol–water partition coefficient (Wildman–Crippen LogP) is 2.19. The van der Waals surface area contributed by atoms with E-state index in [4.69, 9.17) is 5.11 Å². The molecule has 0 atom stereocenters. The number of carbonyl (C=O) groups is 1. The van der Waals surface area contributed by atoms with Gasteiger partial charge in [-0.3, -0.25) is 0 Å². The normalized spacial score (nSPS) is 11.0. The van der Waals surface area contributed by atoms with Crippen LogP contribution in [0.25, 0.3) is 0 Å². The third-order valence-electron chi connectivity index (χ3n) is 3.09. The van der Waals surface area contributed by atoms with Gasteiger partial charge in [0.25, 0.3) is 0 Å². The van der Waals surface area contributed by atoms with E-state index < -0.39 is 11.6 Å². The van der Waals surface area contributed by atoms with Crippen LogP contribution in [0.1, 0.15) is 11.1 Å². The smallest absolute Gasteiger partial charge is 0.405 e. The van der Waals surface area contributed by atoms with E-state index in [0.717, 1.165) is 0 Å². The van der Waals surface area contributed by atoms with E-state index in [1.165, 1.54) is 0 Å². The highest BCUT2D eigenvalue weighted by atomic mass is 16.4. The van der Waals surface area contributed by atoms with Crippen LogP contribution < -0.4 is 5.32 Å². The molecule has 0 saturated heterocycles. The average Bonchev–Trinajstić information content (AvgIpc) is 2.46. The molecule has 0 aliphatic rings. The van der Waals surface area contributed by atoms with Crippen molar-refractivity contribution in [3.63, 3.8) is 0 Å². The first-order valence-electron chi connectivity index (χ1n) is 5.92. The Morgan fingerprint density at radius 2 is 1.37 bits per heavy atom. The van der Waals surface area contributed by atoms with Gasteiger partial charge in [-0.1, -0.05) is 60.7 Å². The second-order valence-electron chi connectivity index (χ2n) is 4.23. The van der Waals surface area contributed by atoms with Crippen LogP contribution in [0.2, 0.25) is 0 Å². The summed E-state index contributed by atoms with van der Waals surface area (Å²) < 4.78 is 0. The molecule has 0 aliphatic heterocycles. The highest BCUT2D eigenvalue weighted by molar-refractivity contribution is 5.67. The van der Waals surface area contributed by atoms with Gasteiger partial charge >= 0.3 is 6.09 Å². The Labute approximate surface area is 111 Å². The predicted molar refractivity (Wildman–Crippen MR) is 71.9 cm³/mol. The van der Waals surface area contributed by atoms with Crippen molar-refractivity contribution in [2.75, 3.05) is 6.61 Å². The molecule has 4 heteroatoms. The average molecular weight is 257 g/mol. The zero-order chi connectivity index (χ0) is 13.7. The zero-order valence-electron chi connectivity index (χ0n) is 10.3. The Balaban J connectivity index is 2.58. The minimum absolute atomic E-state index is 0.354. The van der Waals surface area contributed by atoms with Crippen LogP contribution in [-0.4, -0.2) is 22.9 Å². The first-order valence-corrected chi connectivity index (χ1v) is 5.92. The molecule has 19 heavy (non-hydrogen) atoms. The number of hydrogen-bond donors (Lipinski definition) is 3. The largest absolute Gasteiger partial charge is 0.465 e. The summed E-state index contributed by atoms with van der Waals surface area (Å²) in [5.74, 6) is 0. The second kappa shape index (κ2) is 5.54. The molecule has 98 valence electrons. The molecule has 0 fully saturated rings. The van der Waals surface area contributed by atoms with Crippen LogP contribution in [0.15, 0.2) is 60.7 Å². The molecular formula is C15H15NO3. The highest BCUT2D eigenvalue weighted by Crippen LogP contribution is 2.29. The number of benzene rings is 2. The number of nitrogens with one attached hydrogen (secondary N) is 1. The Morgan fingerprint density at radius 3 is 1.68 bits per heavy atom. The van der Waals surface area contributed by atoms with Gasteiger partial charge in [0.05, 0.1) is 6.61 Å². The van der Waals surface area contributed by atoms with E-state index >= 15 is 0 Å². The monoisotopic (exact) mass is 257 g/mol. The summed E-state index contributed by atoms with van der Waals surface area (Å²) in [6, 6.07) is 18.1. The van der Waals surface area contributed by atoms with E-state index in [1.807, 2.05) is 36.4 Å². The van der Waals surface area contributed by atoms with Crippen molar-refractivity contribution in [1.29, 1.82) is 0 Å². The maximum absolute atomic E-state index is 11.1. The lowest BCUT2D eigenvalue weighted by molar-refractivity contribution is 0.155. The molecule has 2 aromatic rings. The molecule has 0 heterocycles. The molecule has 2 rings (SSSR count). The molecule has 4 nitrogen and oxygen atoms in total. The third-order valence-corrected chi connectivity index (χ3v) is 3.09. The van der Waals surface area contributed by atoms with Gasteiger partial charge in [0.15, 0.2) is 0 Å². The van der Waals surface area contributed by atoms with Crippen molar-refractivity contribution in [2.45, 2.75) is 5.54 Å². The Hall–Kier alpha value is -2.33. The lowest BCUT2D eigenvalue weighted by atomic mass is 9.83. The van der Waals surface area contributed by atoms with Crippen LogP contribution in [0.5, 0.6) is 0 Å². The quantitative estimate of drug-likeness (QED) is 0.786. The number of rotatable bonds is 4. The molecule has 0 spiro atoms. The summed E-state index contributed by atoms with van der Waals surface area (Å²) in [7, 11) is 0. The molecule has 0 saturated carbocycles. The van der Waals surface area contributed by atoms with Crippen LogP contribution in [-0.2, 0) is 5.54 Å². The van der Waals surface area contributed by atoms with E-state index in [1.54, 1.807) is 24.3 Å². The highest BCUT2D eigenvalue weighted by Gasteiger charge is 2.35. The fraction of sp³-hybridized carbons (Fsp3) is 0.133. The minimum atomic E-state index is -1.18. The van der Waals surface area contributed by atoms with Crippen molar-refractivity contribution in [3.8, 4) is 0 Å². The van der Waals surface area contributed by atoms with E-state index in [-0.39, 0.29) is 6.61 Å². The van der Waals surface area contributed by atoms with Gasteiger partial charge in [-0.2, -0.15) is 0 Å². The van der Waals surface area contributed by atoms with Crippen LogP contribution >= 0.6 is 0 Å². The van der Waals surface area contributed by atoms with Gasteiger partial charge < -0.3 is 15.5 Å². The van der Waals surface area contributed by atoms with E-state index in [2.05, 4.69) is 5.32 Å². The molecule has 0 aliphatic carbocycles. The number of carboxylic acid groups (broad SMARTS) is 1. The Kier molecular flexibility index (Phi) is 3.82. The van der Waals surface area contributed by atoms with Crippen molar-refractivity contribution >= 4 is 6.09 Å². The molecular weight excluding hydrogens is 242 g/mol. The SMILES string of the molecule is O=C(O)NC(CO)(c1ccccc1)c1ccccc1. The van der Waals surface area contributed by atoms with Crippen LogP contribution in [0.4, 0.5) is 4.79 Å². The fourth-order valence-corrected chi connectivity index (χ4v) is 2.16. The summed E-state index contributed by atoms with van der Waals surface area (Å²) in [5.41, 5.74) is 0.256.